The lowest BCUT2D eigenvalue weighted by molar-refractivity contribution is 0.0317. The molecule has 2 aromatic rings. The van der Waals surface area contributed by atoms with Gasteiger partial charge in [-0.15, -0.1) is 10.2 Å². The Morgan fingerprint density at radius 3 is 2.50 bits per heavy atom. The molecule has 116 valence electrons. The van der Waals surface area contributed by atoms with E-state index >= 15 is 0 Å². The Bertz CT molecular complexity index is 611. The summed E-state index contributed by atoms with van der Waals surface area (Å²) in [6, 6.07) is 12.3. The summed E-state index contributed by atoms with van der Waals surface area (Å²) in [4.78, 5) is 0. The van der Waals surface area contributed by atoms with Gasteiger partial charge in [-0.2, -0.15) is 0 Å². The molecule has 3 rings (SSSR count). The zero-order valence-electron chi connectivity index (χ0n) is 13.2. The van der Waals surface area contributed by atoms with E-state index in [1.54, 1.807) is 0 Å². The number of anilines is 1. The van der Waals surface area contributed by atoms with Gasteiger partial charge in [-0.1, -0.05) is 30.3 Å². The maximum Gasteiger partial charge on any atom is 0.168 e. The third-order valence-corrected chi connectivity index (χ3v) is 3.90. The molecule has 5 heteroatoms. The number of aryl methyl sites for hydroxylation is 1. The fourth-order valence-corrected chi connectivity index (χ4v) is 2.76. The van der Waals surface area contributed by atoms with Crippen LogP contribution in [0.5, 0.6) is 0 Å². The van der Waals surface area contributed by atoms with E-state index < -0.39 is 0 Å². The van der Waals surface area contributed by atoms with Crippen molar-refractivity contribution >= 4 is 5.82 Å². The van der Waals surface area contributed by atoms with E-state index in [9.17, 15) is 0 Å². The lowest BCUT2D eigenvalue weighted by Gasteiger charge is -2.37. The molecule has 0 radical (unpaired) electrons. The van der Waals surface area contributed by atoms with Crippen LogP contribution >= 0.6 is 0 Å². The van der Waals surface area contributed by atoms with E-state index in [0.29, 0.717) is 0 Å². The Hall–Kier alpha value is -1.98. The van der Waals surface area contributed by atoms with Gasteiger partial charge in [0.15, 0.2) is 5.82 Å². The highest BCUT2D eigenvalue weighted by molar-refractivity contribution is 5.61. The molecule has 1 fully saturated rings. The van der Waals surface area contributed by atoms with Crippen molar-refractivity contribution in [1.29, 1.82) is 0 Å². The molecule has 2 heterocycles. The summed E-state index contributed by atoms with van der Waals surface area (Å²) in [5.41, 5.74) is 3.15. The molecule has 5 nitrogen and oxygen atoms in total. The van der Waals surface area contributed by atoms with E-state index in [0.717, 1.165) is 55.5 Å². The molecule has 0 spiro atoms. The molecular weight excluding hydrogens is 276 g/mol. The maximum atomic E-state index is 5.43. The van der Waals surface area contributed by atoms with Crippen LogP contribution < -0.4 is 5.01 Å². The molecule has 1 aliphatic rings. The topological polar surface area (TPSA) is 41.5 Å². The van der Waals surface area contributed by atoms with E-state index in [-0.39, 0.29) is 0 Å². The number of rotatable bonds is 4. The molecule has 1 saturated heterocycles. The largest absolute Gasteiger partial charge is 0.379 e. The molecule has 0 N–H and O–H groups in total. The van der Waals surface area contributed by atoms with Crippen molar-refractivity contribution in [2.75, 3.05) is 37.9 Å². The van der Waals surface area contributed by atoms with Crippen LogP contribution in [-0.2, 0) is 4.74 Å². The van der Waals surface area contributed by atoms with Gasteiger partial charge in [0.1, 0.15) is 0 Å². The number of hydrogen-bond donors (Lipinski definition) is 0. The Labute approximate surface area is 131 Å². The van der Waals surface area contributed by atoms with Gasteiger partial charge in [-0.25, -0.2) is 5.01 Å². The number of hydrogen-bond acceptors (Lipinski definition) is 5. The van der Waals surface area contributed by atoms with Crippen LogP contribution in [0.2, 0.25) is 0 Å². The summed E-state index contributed by atoms with van der Waals surface area (Å²) in [5.74, 6) is 0.934. The Morgan fingerprint density at radius 2 is 1.86 bits per heavy atom. The molecular formula is C17H22N4O. The van der Waals surface area contributed by atoms with Crippen LogP contribution in [0.1, 0.15) is 12.5 Å². The molecule has 0 amide bonds. The summed E-state index contributed by atoms with van der Waals surface area (Å²) < 4.78 is 5.43. The highest BCUT2D eigenvalue weighted by atomic mass is 16.5. The summed E-state index contributed by atoms with van der Waals surface area (Å²) in [6.45, 7) is 8.45. The van der Waals surface area contributed by atoms with Crippen molar-refractivity contribution in [2.24, 2.45) is 0 Å². The molecule has 1 aliphatic heterocycles. The van der Waals surface area contributed by atoms with Crippen LogP contribution in [0.4, 0.5) is 5.82 Å². The van der Waals surface area contributed by atoms with Gasteiger partial charge in [-0.05, 0) is 25.5 Å². The molecule has 22 heavy (non-hydrogen) atoms. The van der Waals surface area contributed by atoms with Crippen LogP contribution in [0.3, 0.4) is 0 Å². The number of benzene rings is 1. The second-order valence-corrected chi connectivity index (χ2v) is 5.38. The van der Waals surface area contributed by atoms with Gasteiger partial charge >= 0.3 is 0 Å². The number of nitrogens with zero attached hydrogens (tertiary/aromatic N) is 4. The van der Waals surface area contributed by atoms with Crippen molar-refractivity contribution in [1.82, 2.24) is 15.2 Å². The molecule has 1 aromatic heterocycles. The normalized spacial score (nSPS) is 15.7. The average molecular weight is 298 g/mol. The van der Waals surface area contributed by atoms with Crippen LogP contribution in [0.25, 0.3) is 11.3 Å². The van der Waals surface area contributed by atoms with Crippen molar-refractivity contribution < 1.29 is 4.74 Å². The monoisotopic (exact) mass is 298 g/mol. The third-order valence-electron chi connectivity index (χ3n) is 3.90. The summed E-state index contributed by atoms with van der Waals surface area (Å²) in [5, 5.41) is 13.4. The second kappa shape index (κ2) is 6.85. The molecule has 0 aliphatic carbocycles. The molecule has 0 unspecified atom stereocenters. The van der Waals surface area contributed by atoms with E-state index in [2.05, 4.69) is 52.3 Å². The molecule has 0 bridgehead atoms. The lowest BCUT2D eigenvalue weighted by Crippen LogP contribution is -2.49. The van der Waals surface area contributed by atoms with E-state index in [1.807, 2.05) is 18.2 Å². The third kappa shape index (κ3) is 3.10. The molecule has 0 saturated carbocycles. The fraction of sp³-hybridized carbons (Fsp3) is 0.412. The van der Waals surface area contributed by atoms with Gasteiger partial charge in [0.2, 0.25) is 0 Å². The van der Waals surface area contributed by atoms with Gasteiger partial charge in [-0.3, -0.25) is 5.01 Å². The quantitative estimate of drug-likeness (QED) is 0.867. The van der Waals surface area contributed by atoms with Crippen molar-refractivity contribution in [3.05, 3.63) is 42.0 Å². The minimum atomic E-state index is 0.769. The van der Waals surface area contributed by atoms with Crippen molar-refractivity contribution in [2.45, 2.75) is 13.8 Å². The average Bonchev–Trinajstić information content (AvgIpc) is 2.59. The first-order chi connectivity index (χ1) is 10.8. The smallest absolute Gasteiger partial charge is 0.168 e. The molecule has 1 aromatic carbocycles. The van der Waals surface area contributed by atoms with Gasteiger partial charge in [0, 0.05) is 25.2 Å². The first-order valence-electron chi connectivity index (χ1n) is 7.79. The Morgan fingerprint density at radius 1 is 1.14 bits per heavy atom. The van der Waals surface area contributed by atoms with Crippen molar-refractivity contribution in [3.8, 4) is 11.3 Å². The number of aromatic nitrogens is 2. The van der Waals surface area contributed by atoms with Gasteiger partial charge in [0.25, 0.3) is 0 Å². The summed E-state index contributed by atoms with van der Waals surface area (Å²) >= 11 is 0. The predicted molar refractivity (Wildman–Crippen MR) is 87.6 cm³/mol. The minimum absolute atomic E-state index is 0.769. The number of ether oxygens (including phenoxy) is 1. The van der Waals surface area contributed by atoms with E-state index in [1.165, 1.54) is 0 Å². The highest BCUT2D eigenvalue weighted by Gasteiger charge is 2.20. The second-order valence-electron chi connectivity index (χ2n) is 5.38. The first kappa shape index (κ1) is 14.9. The number of hydrazine groups is 1. The summed E-state index contributed by atoms with van der Waals surface area (Å²) in [6.07, 6.45) is 0. The van der Waals surface area contributed by atoms with Crippen LogP contribution in [0.15, 0.2) is 36.4 Å². The summed E-state index contributed by atoms with van der Waals surface area (Å²) in [7, 11) is 0. The van der Waals surface area contributed by atoms with Crippen LogP contribution in [0, 0.1) is 6.92 Å². The maximum absolute atomic E-state index is 5.43. The van der Waals surface area contributed by atoms with Gasteiger partial charge in [0.05, 0.1) is 18.9 Å². The van der Waals surface area contributed by atoms with Crippen molar-refractivity contribution in [3.63, 3.8) is 0 Å². The molecule has 0 atom stereocenters. The minimum Gasteiger partial charge on any atom is -0.379 e. The standard InChI is InChI=1S/C17H22N4O/c1-3-21(20-9-11-22-12-10-20)17-14(2)13-16(18-19-17)15-7-5-4-6-8-15/h4-8,13H,3,9-12H2,1-2H3. The van der Waals surface area contributed by atoms with Crippen LogP contribution in [-0.4, -0.2) is 48.1 Å². The van der Waals surface area contributed by atoms with E-state index in [4.69, 9.17) is 4.74 Å². The first-order valence-corrected chi connectivity index (χ1v) is 7.79. The zero-order valence-corrected chi connectivity index (χ0v) is 13.2. The lowest BCUT2D eigenvalue weighted by atomic mass is 10.1. The number of morpholine rings is 1. The Balaban J connectivity index is 1.87. The Kier molecular flexibility index (Phi) is 4.65. The fourth-order valence-electron chi connectivity index (χ4n) is 2.76. The SMILES string of the molecule is CCN(c1nnc(-c2ccccc2)cc1C)N1CCOCC1. The van der Waals surface area contributed by atoms with Gasteiger partial charge < -0.3 is 4.74 Å². The highest BCUT2D eigenvalue weighted by Crippen LogP contribution is 2.23. The zero-order chi connectivity index (χ0) is 15.4. The predicted octanol–water partition coefficient (Wildman–Crippen LogP) is 2.53.